The van der Waals surface area contributed by atoms with Crippen molar-refractivity contribution in [2.24, 2.45) is 0 Å². The fraction of sp³-hybridized carbons (Fsp3) is 0.235. The number of hydrogen-bond acceptors (Lipinski definition) is 5. The summed E-state index contributed by atoms with van der Waals surface area (Å²) in [6.45, 7) is 6.19. The smallest absolute Gasteiger partial charge is 0.358 e. The molecule has 140 valence electrons. The van der Waals surface area contributed by atoms with Gasteiger partial charge in [-0.1, -0.05) is 41.0 Å². The Morgan fingerprint density at radius 1 is 1.33 bits per heavy atom. The molecule has 0 atom stereocenters. The minimum absolute atomic E-state index is 0.242. The first-order valence-corrected chi connectivity index (χ1v) is 8.45. The second kappa shape index (κ2) is 7.20. The van der Waals surface area contributed by atoms with Crippen LogP contribution in [0.25, 0.3) is 0 Å². The largest absolute Gasteiger partial charge is 0.362 e. The van der Waals surface area contributed by atoms with Crippen molar-refractivity contribution >= 4 is 29.0 Å². The summed E-state index contributed by atoms with van der Waals surface area (Å²) >= 11 is 5.87. The van der Waals surface area contributed by atoms with Crippen LogP contribution in [0.4, 0.5) is 11.5 Å². The minimum Gasteiger partial charge on any atom is -0.358 e. The van der Waals surface area contributed by atoms with Crippen LogP contribution in [0.1, 0.15) is 33.0 Å². The summed E-state index contributed by atoms with van der Waals surface area (Å²) in [7, 11) is 0. The SMILES string of the molecule is Cc1ccccc1Cn1nc(C)c(NC(=O)c2n[nH]c([N+](=O)[O-])c2Cl)c1C. The van der Waals surface area contributed by atoms with Crippen LogP contribution in [0.2, 0.25) is 5.02 Å². The maximum absolute atomic E-state index is 12.5. The number of carbonyl (C=O) groups is 1. The molecule has 2 N–H and O–H groups in total. The van der Waals surface area contributed by atoms with Crippen LogP contribution in [0.5, 0.6) is 0 Å². The molecule has 3 rings (SSSR count). The zero-order valence-corrected chi connectivity index (χ0v) is 15.7. The third-order valence-electron chi connectivity index (χ3n) is 4.29. The van der Waals surface area contributed by atoms with E-state index in [1.165, 1.54) is 0 Å². The summed E-state index contributed by atoms with van der Waals surface area (Å²) in [5.74, 6) is -1.17. The summed E-state index contributed by atoms with van der Waals surface area (Å²) in [6, 6.07) is 7.98. The van der Waals surface area contributed by atoms with Gasteiger partial charge in [-0.05, 0) is 36.8 Å². The summed E-state index contributed by atoms with van der Waals surface area (Å²) in [5.41, 5.74) is 3.92. The maximum Gasteiger partial charge on any atom is 0.362 e. The van der Waals surface area contributed by atoms with Crippen molar-refractivity contribution in [2.45, 2.75) is 27.3 Å². The van der Waals surface area contributed by atoms with Crippen molar-refractivity contribution in [3.05, 3.63) is 67.6 Å². The molecule has 0 spiro atoms. The van der Waals surface area contributed by atoms with E-state index in [1.807, 2.05) is 38.1 Å². The number of aromatic nitrogens is 4. The Kier molecular flexibility index (Phi) is 4.95. The number of carbonyl (C=O) groups excluding carboxylic acids is 1. The molecule has 0 unspecified atom stereocenters. The molecule has 0 bridgehead atoms. The van der Waals surface area contributed by atoms with Crippen molar-refractivity contribution in [3.8, 4) is 0 Å². The van der Waals surface area contributed by atoms with E-state index in [4.69, 9.17) is 11.6 Å². The number of nitrogens with one attached hydrogen (secondary N) is 2. The Hall–Kier alpha value is -3.20. The zero-order chi connectivity index (χ0) is 19.7. The lowest BCUT2D eigenvalue weighted by atomic mass is 10.1. The number of nitrogens with zero attached hydrogens (tertiary/aromatic N) is 4. The van der Waals surface area contributed by atoms with Crippen molar-refractivity contribution in [1.29, 1.82) is 0 Å². The van der Waals surface area contributed by atoms with Crippen molar-refractivity contribution < 1.29 is 9.72 Å². The third kappa shape index (κ3) is 3.54. The van der Waals surface area contributed by atoms with Gasteiger partial charge in [0.2, 0.25) is 0 Å². The van der Waals surface area contributed by atoms with Crippen molar-refractivity contribution in [3.63, 3.8) is 0 Å². The zero-order valence-electron chi connectivity index (χ0n) is 14.9. The first-order chi connectivity index (χ1) is 12.8. The molecule has 27 heavy (non-hydrogen) atoms. The van der Waals surface area contributed by atoms with E-state index in [2.05, 4.69) is 20.6 Å². The van der Waals surface area contributed by atoms with Gasteiger partial charge < -0.3 is 15.4 Å². The summed E-state index contributed by atoms with van der Waals surface area (Å²) in [4.78, 5) is 22.6. The highest BCUT2D eigenvalue weighted by Crippen LogP contribution is 2.27. The molecule has 2 heterocycles. The molecule has 1 amide bonds. The third-order valence-corrected chi connectivity index (χ3v) is 4.65. The van der Waals surface area contributed by atoms with Gasteiger partial charge in [-0.3, -0.25) is 9.48 Å². The summed E-state index contributed by atoms with van der Waals surface area (Å²) in [5, 5.41) is 23.5. The molecule has 0 radical (unpaired) electrons. The van der Waals surface area contributed by atoms with Crippen molar-refractivity contribution in [1.82, 2.24) is 20.0 Å². The van der Waals surface area contributed by atoms with Crippen LogP contribution in [0, 0.1) is 30.9 Å². The first-order valence-electron chi connectivity index (χ1n) is 8.07. The maximum atomic E-state index is 12.5. The lowest BCUT2D eigenvalue weighted by Gasteiger charge is -2.08. The highest BCUT2D eigenvalue weighted by Gasteiger charge is 2.26. The highest BCUT2D eigenvalue weighted by molar-refractivity contribution is 6.35. The van der Waals surface area contributed by atoms with Crippen LogP contribution in [0.3, 0.4) is 0 Å². The number of aromatic amines is 1. The molecule has 0 aliphatic heterocycles. The van der Waals surface area contributed by atoms with E-state index in [9.17, 15) is 14.9 Å². The van der Waals surface area contributed by atoms with Gasteiger partial charge in [-0.15, -0.1) is 5.10 Å². The van der Waals surface area contributed by atoms with E-state index < -0.39 is 16.6 Å². The number of rotatable bonds is 5. The van der Waals surface area contributed by atoms with E-state index in [0.29, 0.717) is 17.9 Å². The average molecular weight is 389 g/mol. The van der Waals surface area contributed by atoms with Crippen LogP contribution < -0.4 is 5.32 Å². The predicted octanol–water partition coefficient (Wildman–Crippen LogP) is 3.39. The minimum atomic E-state index is -0.733. The number of halogens is 1. The normalized spacial score (nSPS) is 10.8. The monoisotopic (exact) mass is 388 g/mol. The highest BCUT2D eigenvalue weighted by atomic mass is 35.5. The number of amides is 1. The quantitative estimate of drug-likeness (QED) is 0.513. The predicted molar refractivity (Wildman–Crippen MR) is 100 cm³/mol. The molecule has 1 aromatic carbocycles. The Morgan fingerprint density at radius 2 is 2.04 bits per heavy atom. The molecular weight excluding hydrogens is 372 g/mol. The van der Waals surface area contributed by atoms with Crippen LogP contribution >= 0.6 is 11.6 Å². The lowest BCUT2D eigenvalue weighted by Crippen LogP contribution is -2.14. The number of hydrogen-bond donors (Lipinski definition) is 2. The Morgan fingerprint density at radius 3 is 2.67 bits per heavy atom. The van der Waals surface area contributed by atoms with Gasteiger partial charge in [-0.25, -0.2) is 0 Å². The molecule has 2 aromatic heterocycles. The van der Waals surface area contributed by atoms with Gasteiger partial charge in [0, 0.05) is 0 Å². The number of aryl methyl sites for hydroxylation is 2. The fourth-order valence-electron chi connectivity index (χ4n) is 2.74. The van der Waals surface area contributed by atoms with Gasteiger partial charge in [0.15, 0.2) is 10.7 Å². The van der Waals surface area contributed by atoms with Gasteiger partial charge in [0.1, 0.15) is 0 Å². The Labute approximate surface area is 159 Å². The van der Waals surface area contributed by atoms with Gasteiger partial charge in [0.05, 0.1) is 23.6 Å². The lowest BCUT2D eigenvalue weighted by molar-refractivity contribution is -0.389. The molecule has 0 saturated heterocycles. The van der Waals surface area contributed by atoms with E-state index in [1.54, 1.807) is 11.6 Å². The second-order valence-corrected chi connectivity index (χ2v) is 6.45. The fourth-order valence-corrected chi connectivity index (χ4v) is 2.98. The van der Waals surface area contributed by atoms with Crippen LogP contribution in [-0.4, -0.2) is 30.8 Å². The molecule has 9 nitrogen and oxygen atoms in total. The molecular formula is C17H17ClN6O3. The topological polar surface area (TPSA) is 119 Å². The second-order valence-electron chi connectivity index (χ2n) is 6.08. The molecule has 0 saturated carbocycles. The summed E-state index contributed by atoms with van der Waals surface area (Å²) < 4.78 is 1.79. The van der Waals surface area contributed by atoms with E-state index in [0.717, 1.165) is 16.8 Å². The Balaban J connectivity index is 1.86. The first kappa shape index (κ1) is 18.6. The van der Waals surface area contributed by atoms with Crippen LogP contribution in [0.15, 0.2) is 24.3 Å². The van der Waals surface area contributed by atoms with Crippen molar-refractivity contribution in [2.75, 3.05) is 5.32 Å². The number of anilines is 1. The molecule has 0 fully saturated rings. The van der Waals surface area contributed by atoms with E-state index >= 15 is 0 Å². The van der Waals surface area contributed by atoms with Gasteiger partial charge in [-0.2, -0.15) is 5.10 Å². The standard InChI is InChI=1S/C17H17ClN6O3/c1-9-6-4-5-7-12(9)8-23-11(3)14(10(2)22-23)19-17(25)15-13(18)16(21-20-15)24(26)27/h4-7H,8H2,1-3H3,(H,19,25)(H,20,21). The van der Waals surface area contributed by atoms with Gasteiger partial charge in [0.25, 0.3) is 5.91 Å². The summed E-state index contributed by atoms with van der Waals surface area (Å²) in [6.07, 6.45) is 0. The van der Waals surface area contributed by atoms with E-state index in [-0.39, 0.29) is 10.7 Å². The van der Waals surface area contributed by atoms with Gasteiger partial charge >= 0.3 is 5.82 Å². The molecule has 0 aliphatic rings. The Bertz CT molecular complexity index is 1040. The number of nitro groups is 1. The number of benzene rings is 1. The molecule has 3 aromatic rings. The molecule has 0 aliphatic carbocycles. The average Bonchev–Trinajstić information content (AvgIpc) is 3.12. The molecule has 10 heteroatoms. The number of H-pyrrole nitrogens is 1. The van der Waals surface area contributed by atoms with Crippen LogP contribution in [-0.2, 0) is 6.54 Å².